The Balaban J connectivity index is 1.56. The van der Waals surface area contributed by atoms with E-state index >= 15 is 0 Å². The van der Waals surface area contributed by atoms with E-state index in [1.54, 1.807) is 0 Å². The summed E-state index contributed by atoms with van der Waals surface area (Å²) in [7, 11) is 0. The van der Waals surface area contributed by atoms with Crippen LogP contribution in [0.15, 0.2) is 0 Å². The van der Waals surface area contributed by atoms with Gasteiger partial charge in [0, 0.05) is 25.0 Å². The number of carbonyl (C=O) groups is 1. The Morgan fingerprint density at radius 3 is 2.12 bits per heavy atom. The molecule has 2 saturated carbocycles. The third-order valence-electron chi connectivity index (χ3n) is 5.16. The maximum absolute atomic E-state index is 12.4. The second-order valence-electron chi connectivity index (χ2n) is 6.31. The number of rotatable bonds is 1. The van der Waals surface area contributed by atoms with Crippen LogP contribution in [0, 0.1) is 17.8 Å². The zero-order valence-electron chi connectivity index (χ0n) is 10.6. The monoisotopic (exact) mass is 236 g/mol. The fraction of sp³-hybridized carbons (Fsp3) is 0.929. The summed E-state index contributed by atoms with van der Waals surface area (Å²) in [5.41, 5.74) is 5.90. The van der Waals surface area contributed by atoms with Gasteiger partial charge in [0.25, 0.3) is 0 Å². The average molecular weight is 236 g/mol. The highest BCUT2D eigenvalue weighted by molar-refractivity contribution is 5.79. The Morgan fingerprint density at radius 2 is 1.53 bits per heavy atom. The molecule has 1 aliphatic heterocycles. The average Bonchev–Trinajstić information content (AvgIpc) is 2.89. The lowest BCUT2D eigenvalue weighted by atomic mass is 9.85. The second kappa shape index (κ2) is 4.60. The van der Waals surface area contributed by atoms with Crippen molar-refractivity contribution in [1.29, 1.82) is 0 Å². The van der Waals surface area contributed by atoms with Gasteiger partial charge in [0.05, 0.1) is 0 Å². The van der Waals surface area contributed by atoms with E-state index in [0.717, 1.165) is 50.6 Å². The maximum Gasteiger partial charge on any atom is 0.225 e. The zero-order chi connectivity index (χ0) is 11.8. The highest BCUT2D eigenvalue weighted by Crippen LogP contribution is 2.39. The lowest BCUT2D eigenvalue weighted by Gasteiger charge is -2.29. The molecule has 17 heavy (non-hydrogen) atoms. The quantitative estimate of drug-likeness (QED) is 0.754. The smallest absolute Gasteiger partial charge is 0.225 e. The topological polar surface area (TPSA) is 46.3 Å². The Hall–Kier alpha value is -0.570. The van der Waals surface area contributed by atoms with Crippen LogP contribution in [0.25, 0.3) is 0 Å². The molecule has 3 nitrogen and oxygen atoms in total. The van der Waals surface area contributed by atoms with E-state index in [0.29, 0.717) is 11.9 Å². The van der Waals surface area contributed by atoms with Crippen molar-refractivity contribution in [1.82, 2.24) is 4.90 Å². The first-order chi connectivity index (χ1) is 8.24. The number of likely N-dealkylation sites (tertiary alicyclic amines) is 1. The summed E-state index contributed by atoms with van der Waals surface area (Å²) in [6.45, 7) is 2.10. The molecule has 3 aliphatic rings. The van der Waals surface area contributed by atoms with E-state index in [9.17, 15) is 4.79 Å². The SMILES string of the molecule is NC1CCC(C(=O)N2CC3CCCC3C2)CC1. The normalized spacial score (nSPS) is 41.6. The van der Waals surface area contributed by atoms with Gasteiger partial charge in [0.1, 0.15) is 0 Å². The van der Waals surface area contributed by atoms with Crippen LogP contribution >= 0.6 is 0 Å². The molecule has 0 aromatic heterocycles. The molecule has 3 heteroatoms. The van der Waals surface area contributed by atoms with Crippen LogP contribution in [-0.4, -0.2) is 29.9 Å². The van der Waals surface area contributed by atoms with Crippen molar-refractivity contribution < 1.29 is 4.79 Å². The number of nitrogens with two attached hydrogens (primary N) is 1. The molecule has 2 unspecified atom stereocenters. The fourth-order valence-electron chi connectivity index (χ4n) is 4.04. The van der Waals surface area contributed by atoms with Gasteiger partial charge >= 0.3 is 0 Å². The van der Waals surface area contributed by atoms with E-state index in [1.807, 2.05) is 0 Å². The van der Waals surface area contributed by atoms with Crippen molar-refractivity contribution in [2.75, 3.05) is 13.1 Å². The van der Waals surface area contributed by atoms with Gasteiger partial charge in [0.2, 0.25) is 5.91 Å². The Morgan fingerprint density at radius 1 is 0.941 bits per heavy atom. The zero-order valence-corrected chi connectivity index (χ0v) is 10.6. The molecule has 96 valence electrons. The Bertz CT molecular complexity index is 285. The molecular weight excluding hydrogens is 212 g/mol. The van der Waals surface area contributed by atoms with E-state index in [1.165, 1.54) is 19.3 Å². The van der Waals surface area contributed by atoms with Crippen molar-refractivity contribution in [3.63, 3.8) is 0 Å². The molecule has 1 saturated heterocycles. The summed E-state index contributed by atoms with van der Waals surface area (Å²) in [5, 5.41) is 0. The van der Waals surface area contributed by atoms with Crippen molar-refractivity contribution in [3.8, 4) is 0 Å². The van der Waals surface area contributed by atoms with Crippen molar-refractivity contribution in [2.45, 2.75) is 51.0 Å². The number of fused-ring (bicyclic) bond motifs is 1. The van der Waals surface area contributed by atoms with Gasteiger partial charge in [-0.3, -0.25) is 4.79 Å². The van der Waals surface area contributed by atoms with Gasteiger partial charge in [-0.1, -0.05) is 6.42 Å². The van der Waals surface area contributed by atoms with Gasteiger partial charge in [0.15, 0.2) is 0 Å². The van der Waals surface area contributed by atoms with E-state index in [4.69, 9.17) is 5.73 Å². The van der Waals surface area contributed by atoms with Crippen molar-refractivity contribution >= 4 is 5.91 Å². The van der Waals surface area contributed by atoms with E-state index in [-0.39, 0.29) is 5.92 Å². The molecule has 3 rings (SSSR count). The predicted molar refractivity (Wildman–Crippen MR) is 67.3 cm³/mol. The Labute approximate surface area is 104 Å². The molecule has 0 bridgehead atoms. The lowest BCUT2D eigenvalue weighted by molar-refractivity contribution is -0.135. The summed E-state index contributed by atoms with van der Waals surface area (Å²) in [4.78, 5) is 14.6. The summed E-state index contributed by atoms with van der Waals surface area (Å²) >= 11 is 0. The highest BCUT2D eigenvalue weighted by Gasteiger charge is 2.40. The van der Waals surface area contributed by atoms with E-state index in [2.05, 4.69) is 4.90 Å². The number of hydrogen-bond acceptors (Lipinski definition) is 2. The van der Waals surface area contributed by atoms with Gasteiger partial charge in [-0.05, 0) is 50.4 Å². The van der Waals surface area contributed by atoms with Crippen LogP contribution < -0.4 is 5.73 Å². The van der Waals surface area contributed by atoms with E-state index < -0.39 is 0 Å². The molecule has 0 spiro atoms. The molecule has 1 amide bonds. The first kappa shape index (κ1) is 11.5. The minimum absolute atomic E-state index is 0.286. The summed E-state index contributed by atoms with van der Waals surface area (Å²) in [6.07, 6.45) is 8.20. The third kappa shape index (κ3) is 2.22. The van der Waals surface area contributed by atoms with Crippen LogP contribution in [0.5, 0.6) is 0 Å². The van der Waals surface area contributed by atoms with Crippen LogP contribution in [0.2, 0.25) is 0 Å². The molecular formula is C14H24N2O. The summed E-state index contributed by atoms with van der Waals surface area (Å²) in [6, 6.07) is 0.344. The number of nitrogens with zero attached hydrogens (tertiary/aromatic N) is 1. The number of hydrogen-bond donors (Lipinski definition) is 1. The van der Waals surface area contributed by atoms with Gasteiger partial charge in [-0.15, -0.1) is 0 Å². The molecule has 3 fully saturated rings. The van der Waals surface area contributed by atoms with Crippen LogP contribution in [-0.2, 0) is 4.79 Å². The molecule has 2 atom stereocenters. The first-order valence-electron chi connectivity index (χ1n) is 7.28. The highest BCUT2D eigenvalue weighted by atomic mass is 16.2. The standard InChI is InChI=1S/C14H24N2O/c15-13-6-4-10(5-7-13)14(17)16-8-11-2-1-3-12(11)9-16/h10-13H,1-9,15H2. The Kier molecular flexibility index (Phi) is 3.12. The molecule has 1 heterocycles. The molecule has 0 aromatic rings. The van der Waals surface area contributed by atoms with Crippen LogP contribution in [0.4, 0.5) is 0 Å². The third-order valence-corrected chi connectivity index (χ3v) is 5.16. The molecule has 0 aromatic carbocycles. The number of amides is 1. The minimum atomic E-state index is 0.286. The molecule has 2 aliphatic carbocycles. The lowest BCUT2D eigenvalue weighted by Crippen LogP contribution is -2.38. The fourth-order valence-corrected chi connectivity index (χ4v) is 4.04. The van der Waals surface area contributed by atoms with Crippen molar-refractivity contribution in [2.24, 2.45) is 23.5 Å². The largest absolute Gasteiger partial charge is 0.342 e. The predicted octanol–water partition coefficient (Wildman–Crippen LogP) is 1.76. The van der Waals surface area contributed by atoms with Gasteiger partial charge in [-0.25, -0.2) is 0 Å². The molecule has 0 radical (unpaired) electrons. The second-order valence-corrected chi connectivity index (χ2v) is 6.31. The van der Waals surface area contributed by atoms with Crippen LogP contribution in [0.3, 0.4) is 0 Å². The summed E-state index contributed by atoms with van der Waals surface area (Å²) in [5.74, 6) is 2.37. The van der Waals surface area contributed by atoms with Gasteiger partial charge < -0.3 is 10.6 Å². The van der Waals surface area contributed by atoms with Gasteiger partial charge in [-0.2, -0.15) is 0 Å². The molecule has 2 N–H and O–H groups in total. The minimum Gasteiger partial charge on any atom is -0.342 e. The maximum atomic E-state index is 12.4. The summed E-state index contributed by atoms with van der Waals surface area (Å²) < 4.78 is 0. The van der Waals surface area contributed by atoms with Crippen molar-refractivity contribution in [3.05, 3.63) is 0 Å². The number of carbonyl (C=O) groups excluding carboxylic acids is 1. The first-order valence-corrected chi connectivity index (χ1v) is 7.28. The van der Waals surface area contributed by atoms with Crippen LogP contribution in [0.1, 0.15) is 44.9 Å².